The first-order chi connectivity index (χ1) is 9.81. The molecule has 0 heterocycles. The van der Waals surface area contributed by atoms with E-state index in [9.17, 15) is 4.79 Å². The minimum Gasteiger partial charge on any atom is -0.306 e. The van der Waals surface area contributed by atoms with Crippen molar-refractivity contribution in [1.82, 2.24) is 5.32 Å². The number of hydrogen-bond donors (Lipinski definition) is 1. The zero-order chi connectivity index (χ0) is 13.9. The Bertz CT molecular complexity index is 658. The number of carbonyl (C=O) groups excluding carboxylic acids is 1. The fraction of sp³-hybridized carbons (Fsp3) is 0.167. The predicted octanol–water partition coefficient (Wildman–Crippen LogP) is 3.62. The van der Waals surface area contributed by atoms with Crippen LogP contribution >= 0.6 is 0 Å². The Kier molecular flexibility index (Phi) is 3.48. The van der Waals surface area contributed by atoms with Crippen LogP contribution in [0.3, 0.4) is 0 Å². The van der Waals surface area contributed by atoms with Crippen molar-refractivity contribution in [2.45, 2.75) is 13.0 Å². The van der Waals surface area contributed by atoms with Crippen LogP contribution in [0.15, 0.2) is 60.2 Å². The van der Waals surface area contributed by atoms with Crippen molar-refractivity contribution in [3.63, 3.8) is 0 Å². The number of rotatable bonds is 3. The summed E-state index contributed by atoms with van der Waals surface area (Å²) < 4.78 is 0. The summed E-state index contributed by atoms with van der Waals surface area (Å²) in [6, 6.07) is 17.9. The van der Waals surface area contributed by atoms with Gasteiger partial charge in [0.1, 0.15) is 0 Å². The van der Waals surface area contributed by atoms with Crippen LogP contribution in [0.2, 0.25) is 0 Å². The highest BCUT2D eigenvalue weighted by molar-refractivity contribution is 6.16. The molecule has 1 atom stereocenters. The van der Waals surface area contributed by atoms with Crippen LogP contribution in [0, 0.1) is 0 Å². The average molecular weight is 263 g/mol. The highest BCUT2D eigenvalue weighted by Crippen LogP contribution is 2.36. The average Bonchev–Trinajstić information content (AvgIpc) is 2.75. The molecule has 2 heteroatoms. The molecule has 1 aliphatic carbocycles. The molecule has 2 nitrogen and oxygen atoms in total. The van der Waals surface area contributed by atoms with Gasteiger partial charge >= 0.3 is 0 Å². The molecule has 20 heavy (non-hydrogen) atoms. The Morgan fingerprint density at radius 3 is 2.50 bits per heavy atom. The molecule has 3 rings (SSSR count). The minimum atomic E-state index is 0.00362. The van der Waals surface area contributed by atoms with Crippen LogP contribution in [0.25, 0.3) is 6.08 Å². The molecule has 0 amide bonds. The highest BCUT2D eigenvalue weighted by atomic mass is 16.1. The summed E-state index contributed by atoms with van der Waals surface area (Å²) in [5.41, 5.74) is 3.80. The number of fused-ring (bicyclic) bond motifs is 1. The molecule has 0 aromatic heterocycles. The van der Waals surface area contributed by atoms with Gasteiger partial charge in [0, 0.05) is 11.1 Å². The maximum absolute atomic E-state index is 12.6. The van der Waals surface area contributed by atoms with Crippen LogP contribution in [-0.2, 0) is 0 Å². The molecule has 1 N–H and O–H groups in total. The van der Waals surface area contributed by atoms with Crippen molar-refractivity contribution in [3.05, 3.63) is 76.9 Å². The standard InChI is InChI=1S/C18H17NO/c1-2-19-17-14-10-6-7-11-15(14)18(20)16(17)12-13-8-4-3-5-9-13/h3-12,17,19H,2H2,1H3/b16-12+. The van der Waals surface area contributed by atoms with E-state index >= 15 is 0 Å². The molecule has 0 spiro atoms. The van der Waals surface area contributed by atoms with E-state index in [1.54, 1.807) is 0 Å². The molecule has 0 radical (unpaired) electrons. The summed E-state index contributed by atoms with van der Waals surface area (Å²) in [6.45, 7) is 2.89. The maximum Gasteiger partial charge on any atom is 0.191 e. The normalized spacial score (nSPS) is 19.4. The second-order valence-electron chi connectivity index (χ2n) is 4.92. The number of likely N-dealkylation sites (N-methyl/N-ethyl adjacent to an activating group) is 1. The summed E-state index contributed by atoms with van der Waals surface area (Å²) in [7, 11) is 0. The smallest absolute Gasteiger partial charge is 0.191 e. The molecule has 0 fully saturated rings. The van der Waals surface area contributed by atoms with Crippen LogP contribution in [-0.4, -0.2) is 12.3 Å². The van der Waals surface area contributed by atoms with Gasteiger partial charge in [-0.25, -0.2) is 0 Å². The Balaban J connectivity index is 2.07. The fourth-order valence-electron chi connectivity index (χ4n) is 2.71. The summed E-state index contributed by atoms with van der Waals surface area (Å²) in [6.07, 6.45) is 2.00. The Hall–Kier alpha value is -2.19. The summed E-state index contributed by atoms with van der Waals surface area (Å²) in [4.78, 5) is 12.6. The first-order valence-electron chi connectivity index (χ1n) is 6.95. The lowest BCUT2D eigenvalue weighted by atomic mass is 10.0. The predicted molar refractivity (Wildman–Crippen MR) is 81.6 cm³/mol. The van der Waals surface area contributed by atoms with Crippen LogP contribution in [0.5, 0.6) is 0 Å². The second-order valence-corrected chi connectivity index (χ2v) is 4.92. The third kappa shape index (κ3) is 2.19. The van der Waals surface area contributed by atoms with Crippen molar-refractivity contribution in [3.8, 4) is 0 Å². The Morgan fingerprint density at radius 1 is 1.05 bits per heavy atom. The minimum absolute atomic E-state index is 0.00362. The molecule has 1 aliphatic rings. The fourth-order valence-corrected chi connectivity index (χ4v) is 2.71. The van der Waals surface area contributed by atoms with E-state index in [2.05, 4.69) is 12.2 Å². The third-order valence-electron chi connectivity index (χ3n) is 3.62. The number of Topliss-reactive ketones (excluding diaryl/α,β-unsaturated/α-hetero) is 1. The van der Waals surface area contributed by atoms with Gasteiger partial charge in [0.25, 0.3) is 0 Å². The number of nitrogens with one attached hydrogen (secondary N) is 1. The summed E-state index contributed by atoms with van der Waals surface area (Å²) in [5, 5.41) is 3.41. The van der Waals surface area contributed by atoms with E-state index < -0.39 is 0 Å². The SMILES string of the molecule is CCNC1/C(=C\c2ccccc2)C(=O)c2ccccc21. The molecule has 1 unspecified atom stereocenters. The van der Waals surface area contributed by atoms with Gasteiger partial charge in [-0.15, -0.1) is 0 Å². The molecule has 2 aromatic rings. The Morgan fingerprint density at radius 2 is 1.75 bits per heavy atom. The molecular formula is C18H17NO. The first-order valence-corrected chi connectivity index (χ1v) is 6.95. The van der Waals surface area contributed by atoms with E-state index in [0.717, 1.165) is 28.8 Å². The number of carbonyl (C=O) groups is 1. The van der Waals surface area contributed by atoms with Gasteiger partial charge in [-0.2, -0.15) is 0 Å². The molecule has 0 bridgehead atoms. The van der Waals surface area contributed by atoms with Gasteiger partial charge in [0.05, 0.1) is 6.04 Å². The van der Waals surface area contributed by atoms with Gasteiger partial charge in [0.15, 0.2) is 5.78 Å². The Labute approximate surface area is 119 Å². The van der Waals surface area contributed by atoms with Crippen LogP contribution in [0.1, 0.15) is 34.5 Å². The van der Waals surface area contributed by atoms with Gasteiger partial charge in [-0.05, 0) is 23.7 Å². The van der Waals surface area contributed by atoms with Crippen molar-refractivity contribution >= 4 is 11.9 Å². The quantitative estimate of drug-likeness (QED) is 0.857. The van der Waals surface area contributed by atoms with E-state index in [4.69, 9.17) is 0 Å². The highest BCUT2D eigenvalue weighted by Gasteiger charge is 2.33. The largest absolute Gasteiger partial charge is 0.306 e. The van der Waals surface area contributed by atoms with Crippen molar-refractivity contribution in [2.24, 2.45) is 0 Å². The molecule has 0 saturated carbocycles. The topological polar surface area (TPSA) is 29.1 Å². The van der Waals surface area contributed by atoms with E-state index in [1.807, 2.05) is 60.7 Å². The van der Waals surface area contributed by atoms with Crippen LogP contribution < -0.4 is 5.32 Å². The third-order valence-corrected chi connectivity index (χ3v) is 3.62. The van der Waals surface area contributed by atoms with Gasteiger partial charge < -0.3 is 5.32 Å². The van der Waals surface area contributed by atoms with E-state index in [1.165, 1.54) is 0 Å². The van der Waals surface area contributed by atoms with Gasteiger partial charge in [0.2, 0.25) is 0 Å². The zero-order valence-electron chi connectivity index (χ0n) is 11.5. The lowest BCUT2D eigenvalue weighted by Gasteiger charge is -2.13. The lowest BCUT2D eigenvalue weighted by Crippen LogP contribution is -2.20. The molecule has 0 aliphatic heterocycles. The van der Waals surface area contributed by atoms with E-state index in [-0.39, 0.29) is 11.8 Å². The molecular weight excluding hydrogens is 246 g/mol. The van der Waals surface area contributed by atoms with Gasteiger partial charge in [-0.1, -0.05) is 61.5 Å². The lowest BCUT2D eigenvalue weighted by molar-refractivity contribution is 0.103. The monoisotopic (exact) mass is 263 g/mol. The van der Waals surface area contributed by atoms with Crippen LogP contribution in [0.4, 0.5) is 0 Å². The summed E-state index contributed by atoms with van der Waals surface area (Å²) >= 11 is 0. The van der Waals surface area contributed by atoms with Crippen molar-refractivity contribution in [2.75, 3.05) is 6.54 Å². The second kappa shape index (κ2) is 5.43. The number of ketones is 1. The summed E-state index contributed by atoms with van der Waals surface area (Å²) in [5.74, 6) is 0.135. The van der Waals surface area contributed by atoms with Gasteiger partial charge in [-0.3, -0.25) is 4.79 Å². The molecule has 100 valence electrons. The number of benzene rings is 2. The van der Waals surface area contributed by atoms with Crippen molar-refractivity contribution < 1.29 is 4.79 Å². The molecule has 0 saturated heterocycles. The van der Waals surface area contributed by atoms with Crippen molar-refractivity contribution in [1.29, 1.82) is 0 Å². The maximum atomic E-state index is 12.6. The molecule has 2 aromatic carbocycles. The first kappa shape index (κ1) is 12.8. The number of hydrogen-bond acceptors (Lipinski definition) is 2. The van der Waals surface area contributed by atoms with E-state index in [0.29, 0.717) is 0 Å². The zero-order valence-corrected chi connectivity index (χ0v) is 11.5.